The second-order valence-electron chi connectivity index (χ2n) is 8.54. The van der Waals surface area contributed by atoms with Crippen LogP contribution in [0.1, 0.15) is 25.7 Å². The Labute approximate surface area is 211 Å². The van der Waals surface area contributed by atoms with Gasteiger partial charge >= 0.3 is 0 Å². The van der Waals surface area contributed by atoms with E-state index in [9.17, 15) is 14.4 Å². The number of amides is 3. The van der Waals surface area contributed by atoms with Crippen LogP contribution in [-0.2, 0) is 14.4 Å². The van der Waals surface area contributed by atoms with Gasteiger partial charge in [-0.05, 0) is 43.2 Å². The van der Waals surface area contributed by atoms with Crippen molar-refractivity contribution in [3.63, 3.8) is 0 Å². The van der Waals surface area contributed by atoms with Crippen molar-refractivity contribution >= 4 is 62.4 Å². The van der Waals surface area contributed by atoms with Crippen LogP contribution in [0.4, 0.5) is 11.4 Å². The van der Waals surface area contributed by atoms with E-state index in [4.69, 9.17) is 9.47 Å². The van der Waals surface area contributed by atoms with Crippen molar-refractivity contribution in [1.29, 1.82) is 0 Å². The Morgan fingerprint density at radius 3 is 2.51 bits per heavy atom. The number of fused-ring (bicyclic) bond motifs is 2. The highest BCUT2D eigenvalue weighted by Crippen LogP contribution is 2.41. The fourth-order valence-corrected chi connectivity index (χ4v) is 6.64. The molecule has 2 heterocycles. The average Bonchev–Trinajstić information content (AvgIpc) is 3.40. The number of ether oxygens (including phenoxy) is 2. The number of thiazole rings is 1. The van der Waals surface area contributed by atoms with Gasteiger partial charge in [0.15, 0.2) is 4.34 Å². The van der Waals surface area contributed by atoms with Crippen molar-refractivity contribution in [1.82, 2.24) is 4.98 Å². The molecule has 1 aromatic heterocycles. The topological polar surface area (TPSA) is 97.8 Å². The maximum Gasteiger partial charge on any atom is 0.237 e. The van der Waals surface area contributed by atoms with Crippen LogP contribution in [0.25, 0.3) is 10.2 Å². The molecule has 1 saturated heterocycles. The summed E-state index contributed by atoms with van der Waals surface area (Å²) in [6, 6.07) is 10.7. The van der Waals surface area contributed by atoms with Gasteiger partial charge in [0.1, 0.15) is 11.5 Å². The number of aromatic nitrogens is 1. The summed E-state index contributed by atoms with van der Waals surface area (Å²) in [6.45, 7) is 0. The second-order valence-corrected chi connectivity index (χ2v) is 10.8. The van der Waals surface area contributed by atoms with Crippen LogP contribution in [0.2, 0.25) is 0 Å². The molecule has 2 aromatic carbocycles. The lowest BCUT2D eigenvalue weighted by Gasteiger charge is -2.19. The van der Waals surface area contributed by atoms with Crippen molar-refractivity contribution in [3.05, 3.63) is 36.4 Å². The number of carbonyl (C=O) groups is 3. The van der Waals surface area contributed by atoms with Crippen LogP contribution >= 0.6 is 23.1 Å². The normalized spacial score (nSPS) is 19.7. The molecule has 1 aliphatic heterocycles. The highest BCUT2D eigenvalue weighted by molar-refractivity contribution is 8.01. The van der Waals surface area contributed by atoms with Gasteiger partial charge in [-0.15, -0.1) is 11.3 Å². The summed E-state index contributed by atoms with van der Waals surface area (Å²) in [6.07, 6.45) is 3.58. The van der Waals surface area contributed by atoms with Crippen LogP contribution < -0.4 is 19.7 Å². The Bertz CT molecular complexity index is 1280. The van der Waals surface area contributed by atoms with E-state index in [2.05, 4.69) is 10.3 Å². The van der Waals surface area contributed by atoms with Gasteiger partial charge in [-0.2, -0.15) is 0 Å². The highest BCUT2D eigenvalue weighted by Gasteiger charge is 2.48. The first kappa shape index (κ1) is 23.6. The summed E-state index contributed by atoms with van der Waals surface area (Å²) in [5.74, 6) is 0.609. The smallest absolute Gasteiger partial charge is 0.237 e. The number of benzene rings is 2. The third kappa shape index (κ3) is 4.60. The molecule has 5 rings (SSSR count). The van der Waals surface area contributed by atoms with Gasteiger partial charge < -0.3 is 14.8 Å². The van der Waals surface area contributed by atoms with Gasteiger partial charge in [0.05, 0.1) is 53.4 Å². The molecule has 182 valence electrons. The molecule has 35 heavy (non-hydrogen) atoms. The van der Waals surface area contributed by atoms with Gasteiger partial charge in [0.25, 0.3) is 0 Å². The molecule has 8 nitrogen and oxygen atoms in total. The van der Waals surface area contributed by atoms with E-state index in [0.717, 1.165) is 40.2 Å². The van der Waals surface area contributed by atoms with E-state index in [0.29, 0.717) is 22.9 Å². The quantitative estimate of drug-likeness (QED) is 0.362. The van der Waals surface area contributed by atoms with Gasteiger partial charge in [0.2, 0.25) is 17.7 Å². The molecule has 2 atom stereocenters. The Hall–Kier alpha value is -3.11. The van der Waals surface area contributed by atoms with Crippen molar-refractivity contribution < 1.29 is 23.9 Å². The predicted molar refractivity (Wildman–Crippen MR) is 136 cm³/mol. The number of rotatable bonds is 7. The standard InChI is InChI=1S/C25H25N3O5S2/c1-32-15-8-10-20(33-2)19(12-15)26-22(29)13-34-25-27-18-9-7-14(11-21(18)35-25)28-23(30)16-5-3-4-6-17(16)24(28)31/h7-12,16-17H,3-6,13H2,1-2H3,(H,26,29)/t16-,17+. The van der Waals surface area contributed by atoms with Crippen LogP contribution in [-0.4, -0.2) is 42.7 Å². The van der Waals surface area contributed by atoms with E-state index in [-0.39, 0.29) is 35.3 Å². The largest absolute Gasteiger partial charge is 0.497 e. The van der Waals surface area contributed by atoms with Crippen molar-refractivity contribution in [3.8, 4) is 11.5 Å². The molecular formula is C25H25N3O5S2. The zero-order chi connectivity index (χ0) is 24.5. The third-order valence-corrected chi connectivity index (χ3v) is 8.62. The minimum Gasteiger partial charge on any atom is -0.497 e. The van der Waals surface area contributed by atoms with Crippen LogP contribution in [0.5, 0.6) is 11.5 Å². The number of anilines is 2. The summed E-state index contributed by atoms with van der Waals surface area (Å²) in [5, 5.41) is 2.85. The number of methoxy groups -OCH3 is 2. The van der Waals surface area contributed by atoms with Crippen LogP contribution in [0, 0.1) is 11.8 Å². The van der Waals surface area contributed by atoms with Gasteiger partial charge in [0, 0.05) is 6.07 Å². The molecule has 2 fully saturated rings. The fourth-order valence-electron chi connectivity index (χ4n) is 4.74. The summed E-state index contributed by atoms with van der Waals surface area (Å²) in [4.78, 5) is 44.4. The first-order valence-corrected chi connectivity index (χ1v) is 13.2. The minimum absolute atomic E-state index is 0.0807. The Balaban J connectivity index is 1.27. The van der Waals surface area contributed by atoms with E-state index in [1.165, 1.54) is 28.0 Å². The van der Waals surface area contributed by atoms with Gasteiger partial charge in [-0.25, -0.2) is 4.98 Å². The highest BCUT2D eigenvalue weighted by atomic mass is 32.2. The molecule has 0 unspecified atom stereocenters. The van der Waals surface area contributed by atoms with E-state index in [1.54, 1.807) is 38.5 Å². The first-order chi connectivity index (χ1) is 17.0. The molecule has 0 radical (unpaired) electrons. The molecular weight excluding hydrogens is 486 g/mol. The Morgan fingerprint density at radius 2 is 1.83 bits per heavy atom. The number of carbonyl (C=O) groups excluding carboxylic acids is 3. The Morgan fingerprint density at radius 1 is 1.09 bits per heavy atom. The summed E-state index contributed by atoms with van der Waals surface area (Å²) >= 11 is 2.77. The number of nitrogens with zero attached hydrogens (tertiary/aromatic N) is 2. The zero-order valence-electron chi connectivity index (χ0n) is 19.4. The molecule has 0 spiro atoms. The van der Waals surface area contributed by atoms with Crippen LogP contribution in [0.3, 0.4) is 0 Å². The lowest BCUT2D eigenvalue weighted by atomic mass is 9.81. The Kier molecular flexibility index (Phi) is 6.66. The lowest BCUT2D eigenvalue weighted by molar-refractivity contribution is -0.122. The fraction of sp³-hybridized carbons (Fsp3) is 0.360. The van der Waals surface area contributed by atoms with Gasteiger partial charge in [-0.1, -0.05) is 24.6 Å². The summed E-state index contributed by atoms with van der Waals surface area (Å²) in [5.41, 5.74) is 1.91. The predicted octanol–water partition coefficient (Wildman–Crippen LogP) is 4.72. The maximum absolute atomic E-state index is 12.9. The molecule has 3 aromatic rings. The van der Waals surface area contributed by atoms with E-state index in [1.807, 2.05) is 12.1 Å². The molecule has 1 N–H and O–H groups in total. The lowest BCUT2D eigenvalue weighted by Crippen LogP contribution is -2.30. The van der Waals surface area contributed by atoms with E-state index >= 15 is 0 Å². The number of imide groups is 1. The first-order valence-electron chi connectivity index (χ1n) is 11.4. The molecule has 1 saturated carbocycles. The summed E-state index contributed by atoms with van der Waals surface area (Å²) < 4.78 is 12.1. The second kappa shape index (κ2) is 9.87. The molecule has 3 amide bonds. The third-order valence-electron chi connectivity index (χ3n) is 6.46. The molecule has 0 bridgehead atoms. The molecule has 2 aliphatic rings. The van der Waals surface area contributed by atoms with E-state index < -0.39 is 0 Å². The molecule has 10 heteroatoms. The van der Waals surface area contributed by atoms with Crippen molar-refractivity contribution in [2.45, 2.75) is 30.0 Å². The maximum atomic E-state index is 12.9. The zero-order valence-corrected chi connectivity index (χ0v) is 21.0. The monoisotopic (exact) mass is 511 g/mol. The number of nitrogens with one attached hydrogen (secondary N) is 1. The number of thioether (sulfide) groups is 1. The van der Waals surface area contributed by atoms with Crippen LogP contribution in [0.15, 0.2) is 40.7 Å². The van der Waals surface area contributed by atoms with Crippen molar-refractivity contribution in [2.24, 2.45) is 11.8 Å². The average molecular weight is 512 g/mol. The van der Waals surface area contributed by atoms with Crippen molar-refractivity contribution in [2.75, 3.05) is 30.2 Å². The minimum atomic E-state index is -0.197. The SMILES string of the molecule is COc1ccc(OC)c(NC(=O)CSc2nc3ccc(N4C(=O)[C@H]5CCCC[C@H]5C4=O)cc3s2)c1. The summed E-state index contributed by atoms with van der Waals surface area (Å²) in [7, 11) is 3.10. The van der Waals surface area contributed by atoms with Gasteiger partial charge in [-0.3, -0.25) is 19.3 Å². The number of hydrogen-bond donors (Lipinski definition) is 1. The molecule has 1 aliphatic carbocycles. The number of hydrogen-bond acceptors (Lipinski definition) is 8.